The number of guanidine groups is 1. The molecule has 1 aliphatic heterocycles. The van der Waals surface area contributed by atoms with Gasteiger partial charge in [0.1, 0.15) is 13.2 Å². The lowest BCUT2D eigenvalue weighted by Crippen LogP contribution is -2.41. The average Bonchev–Trinajstić information content (AvgIpc) is 2.57. The maximum absolute atomic E-state index is 12.1. The van der Waals surface area contributed by atoms with Crippen LogP contribution >= 0.6 is 0 Å². The van der Waals surface area contributed by atoms with Gasteiger partial charge >= 0.3 is 0 Å². The third-order valence-electron chi connectivity index (χ3n) is 3.85. The molecule has 0 saturated carbocycles. The third-order valence-corrected chi connectivity index (χ3v) is 5.79. The lowest BCUT2D eigenvalue weighted by Gasteiger charge is -2.24. The number of rotatable bonds is 5. The summed E-state index contributed by atoms with van der Waals surface area (Å²) in [5.41, 5.74) is 1.12. The van der Waals surface area contributed by atoms with Gasteiger partial charge in [0, 0.05) is 48.5 Å². The normalized spacial score (nSPS) is 15.6. The minimum atomic E-state index is -0.875. The highest BCUT2D eigenvalue weighted by Gasteiger charge is 2.19. The van der Waals surface area contributed by atoms with Gasteiger partial charge in [-0.3, -0.25) is 9.20 Å². The van der Waals surface area contributed by atoms with Gasteiger partial charge in [-0.05, 0) is 38.5 Å². The van der Waals surface area contributed by atoms with Gasteiger partial charge in [0.25, 0.3) is 0 Å². The Bertz CT molecular complexity index is 641. The van der Waals surface area contributed by atoms with E-state index in [0.29, 0.717) is 32.1 Å². The summed E-state index contributed by atoms with van der Waals surface area (Å²) in [7, 11) is 2.86. The number of hydrogen-bond acceptors (Lipinski definition) is 4. The molecular weight excluding hydrogens is 338 g/mol. The Morgan fingerprint density at radius 3 is 2.60 bits per heavy atom. The Hall–Kier alpha value is -1.76. The Labute approximate surface area is 153 Å². The van der Waals surface area contributed by atoms with Crippen LogP contribution in [-0.4, -0.2) is 59.4 Å². The highest BCUT2D eigenvalue weighted by atomic mass is 32.2. The van der Waals surface area contributed by atoms with Crippen LogP contribution in [0, 0.1) is 0 Å². The Balaban J connectivity index is 1.89. The predicted octanol–water partition coefficient (Wildman–Crippen LogP) is 2.01. The number of ether oxygens (including phenoxy) is 2. The zero-order valence-corrected chi connectivity index (χ0v) is 16.6. The van der Waals surface area contributed by atoms with E-state index in [1.54, 1.807) is 7.05 Å². The van der Waals surface area contributed by atoms with Gasteiger partial charge in [-0.15, -0.1) is 0 Å². The molecule has 7 heteroatoms. The second-order valence-electron chi connectivity index (χ2n) is 6.97. The van der Waals surface area contributed by atoms with Gasteiger partial charge in [-0.1, -0.05) is 6.07 Å². The van der Waals surface area contributed by atoms with E-state index in [-0.39, 0.29) is 4.75 Å². The van der Waals surface area contributed by atoms with Crippen molar-refractivity contribution < 1.29 is 13.7 Å². The lowest BCUT2D eigenvalue weighted by atomic mass is 10.2. The number of aliphatic imine (C=N–C) groups is 1. The van der Waals surface area contributed by atoms with E-state index in [9.17, 15) is 4.21 Å². The van der Waals surface area contributed by atoms with Crippen molar-refractivity contribution in [3.63, 3.8) is 0 Å². The summed E-state index contributed by atoms with van der Waals surface area (Å²) in [5.74, 6) is 2.96. The molecule has 0 bridgehead atoms. The third kappa shape index (κ3) is 5.63. The van der Waals surface area contributed by atoms with E-state index in [2.05, 4.69) is 10.3 Å². The van der Waals surface area contributed by atoms with Crippen molar-refractivity contribution in [3.05, 3.63) is 23.8 Å². The second-order valence-corrected chi connectivity index (χ2v) is 9.29. The number of hydrogen-bond donors (Lipinski definition) is 1. The van der Waals surface area contributed by atoms with Gasteiger partial charge in [0.05, 0.1) is 0 Å². The highest BCUT2D eigenvalue weighted by molar-refractivity contribution is 7.86. The lowest BCUT2D eigenvalue weighted by molar-refractivity contribution is 0.171. The summed E-state index contributed by atoms with van der Waals surface area (Å²) >= 11 is 0. The molecular formula is C18H29N3O3S. The number of fused-ring (bicyclic) bond motifs is 1. The summed E-state index contributed by atoms with van der Waals surface area (Å²) in [6, 6.07) is 5.99. The Kier molecular flexibility index (Phi) is 6.70. The predicted molar refractivity (Wildman–Crippen MR) is 103 cm³/mol. The van der Waals surface area contributed by atoms with Gasteiger partial charge in [0.15, 0.2) is 17.5 Å². The van der Waals surface area contributed by atoms with E-state index < -0.39 is 10.8 Å². The zero-order valence-electron chi connectivity index (χ0n) is 15.8. The number of nitrogens with zero attached hydrogens (tertiary/aromatic N) is 2. The highest BCUT2D eigenvalue weighted by Crippen LogP contribution is 2.31. The first-order chi connectivity index (χ1) is 11.8. The van der Waals surface area contributed by atoms with Crippen LogP contribution < -0.4 is 14.8 Å². The second kappa shape index (κ2) is 8.56. The molecule has 0 fully saturated rings. The van der Waals surface area contributed by atoms with Crippen molar-refractivity contribution in [1.82, 2.24) is 10.2 Å². The van der Waals surface area contributed by atoms with Crippen LogP contribution in [-0.2, 0) is 17.3 Å². The molecule has 1 aromatic carbocycles. The minimum Gasteiger partial charge on any atom is -0.486 e. The van der Waals surface area contributed by atoms with Crippen molar-refractivity contribution in [2.45, 2.75) is 32.1 Å². The van der Waals surface area contributed by atoms with Crippen molar-refractivity contribution >= 4 is 16.8 Å². The summed E-state index contributed by atoms with van der Waals surface area (Å²) < 4.78 is 23.1. The molecule has 0 amide bonds. The molecule has 0 spiro atoms. The molecule has 0 aliphatic carbocycles. The summed E-state index contributed by atoms with van der Waals surface area (Å²) in [6.07, 6.45) is 0. The molecule has 1 atom stereocenters. The molecule has 1 heterocycles. The van der Waals surface area contributed by atoms with Crippen LogP contribution in [0.3, 0.4) is 0 Å². The van der Waals surface area contributed by atoms with E-state index in [1.165, 1.54) is 0 Å². The monoisotopic (exact) mass is 367 g/mol. The summed E-state index contributed by atoms with van der Waals surface area (Å²) in [5, 5.41) is 3.28. The van der Waals surface area contributed by atoms with Gasteiger partial charge in [-0.25, -0.2) is 0 Å². The fourth-order valence-corrected chi connectivity index (χ4v) is 3.38. The van der Waals surface area contributed by atoms with Crippen LogP contribution in [0.1, 0.15) is 26.3 Å². The van der Waals surface area contributed by atoms with Crippen molar-refractivity contribution in [3.8, 4) is 11.5 Å². The average molecular weight is 368 g/mol. The standard InChI is InChI=1S/C18H29N3O3S/c1-18(2,3)25(22)11-8-20-17(19-4)21(5)13-14-6-7-15-16(12-14)24-10-9-23-15/h6-7,12H,8-11,13H2,1-5H3,(H,19,20). The molecule has 25 heavy (non-hydrogen) atoms. The van der Waals surface area contributed by atoms with Crippen LogP contribution in [0.4, 0.5) is 0 Å². The van der Waals surface area contributed by atoms with Gasteiger partial charge in [0.2, 0.25) is 0 Å². The van der Waals surface area contributed by atoms with Crippen LogP contribution in [0.25, 0.3) is 0 Å². The Morgan fingerprint density at radius 2 is 1.96 bits per heavy atom. The van der Waals surface area contributed by atoms with Crippen molar-refractivity contribution in [1.29, 1.82) is 0 Å². The van der Waals surface area contributed by atoms with Crippen LogP contribution in [0.5, 0.6) is 11.5 Å². The number of benzene rings is 1. The van der Waals surface area contributed by atoms with E-state index in [1.807, 2.05) is 50.9 Å². The quantitative estimate of drug-likeness (QED) is 0.637. The first-order valence-corrected chi connectivity index (χ1v) is 9.82. The van der Waals surface area contributed by atoms with Crippen molar-refractivity contribution in [2.75, 3.05) is 39.6 Å². The molecule has 140 valence electrons. The van der Waals surface area contributed by atoms with E-state index >= 15 is 0 Å². The Morgan fingerprint density at radius 1 is 1.28 bits per heavy atom. The smallest absolute Gasteiger partial charge is 0.193 e. The molecule has 2 rings (SSSR count). The fourth-order valence-electron chi connectivity index (χ4n) is 2.48. The van der Waals surface area contributed by atoms with Crippen LogP contribution in [0.15, 0.2) is 23.2 Å². The molecule has 1 aliphatic rings. The molecule has 0 saturated heterocycles. The topological polar surface area (TPSA) is 63.2 Å². The minimum absolute atomic E-state index is 0.192. The largest absolute Gasteiger partial charge is 0.486 e. The fraction of sp³-hybridized carbons (Fsp3) is 0.611. The first kappa shape index (κ1) is 19.6. The van der Waals surface area contributed by atoms with Crippen molar-refractivity contribution in [2.24, 2.45) is 4.99 Å². The SMILES string of the molecule is CN=C(NCCS(=O)C(C)(C)C)N(C)Cc1ccc2c(c1)OCCO2. The summed E-state index contributed by atoms with van der Waals surface area (Å²) in [4.78, 5) is 6.34. The zero-order chi connectivity index (χ0) is 18.4. The van der Waals surface area contributed by atoms with Gasteiger partial charge in [-0.2, -0.15) is 0 Å². The maximum atomic E-state index is 12.1. The molecule has 1 aromatic rings. The van der Waals surface area contributed by atoms with Gasteiger partial charge < -0.3 is 19.7 Å². The number of nitrogens with one attached hydrogen (secondary N) is 1. The molecule has 1 unspecified atom stereocenters. The van der Waals surface area contributed by atoms with E-state index in [0.717, 1.165) is 23.0 Å². The molecule has 0 aromatic heterocycles. The summed E-state index contributed by atoms with van der Waals surface area (Å²) in [6.45, 7) is 8.48. The molecule has 0 radical (unpaired) electrons. The first-order valence-electron chi connectivity index (χ1n) is 8.50. The van der Waals surface area contributed by atoms with E-state index in [4.69, 9.17) is 9.47 Å². The maximum Gasteiger partial charge on any atom is 0.193 e. The van der Waals surface area contributed by atoms with Crippen LogP contribution in [0.2, 0.25) is 0 Å². The molecule has 6 nitrogen and oxygen atoms in total. The molecule has 1 N–H and O–H groups in total.